The van der Waals surface area contributed by atoms with Crippen molar-refractivity contribution in [1.29, 1.82) is 0 Å². The number of carbonyl (C=O) groups is 1. The lowest BCUT2D eigenvalue weighted by atomic mass is 10.1. The summed E-state index contributed by atoms with van der Waals surface area (Å²) in [6, 6.07) is 10.5. The van der Waals surface area contributed by atoms with Crippen LogP contribution in [-0.4, -0.2) is 19.1 Å². The van der Waals surface area contributed by atoms with Gasteiger partial charge in [-0.05, 0) is 17.7 Å². The van der Waals surface area contributed by atoms with E-state index < -0.39 is 0 Å². The first-order valence-corrected chi connectivity index (χ1v) is 7.51. The van der Waals surface area contributed by atoms with Crippen LogP contribution >= 0.6 is 23.2 Å². The van der Waals surface area contributed by atoms with Crippen LogP contribution in [0.15, 0.2) is 36.4 Å². The number of benzene rings is 2. The fourth-order valence-corrected chi connectivity index (χ4v) is 2.47. The van der Waals surface area contributed by atoms with Gasteiger partial charge in [-0.25, -0.2) is 0 Å². The average molecular weight is 338 g/mol. The highest BCUT2D eigenvalue weighted by atomic mass is 35.5. The molecule has 0 radical (unpaired) electrons. The molecule has 0 spiro atoms. The smallest absolute Gasteiger partial charge is 0.228 e. The monoisotopic (exact) mass is 337 g/mol. The van der Waals surface area contributed by atoms with Gasteiger partial charge in [-0.2, -0.15) is 0 Å². The lowest BCUT2D eigenvalue weighted by Crippen LogP contribution is -2.17. The Morgan fingerprint density at radius 3 is 2.36 bits per heavy atom. The first kappa shape index (κ1) is 15.0. The summed E-state index contributed by atoms with van der Waals surface area (Å²) in [7, 11) is 0. The predicted molar refractivity (Wildman–Crippen MR) is 86.2 cm³/mol. The largest absolute Gasteiger partial charge is 0.486 e. The van der Waals surface area contributed by atoms with Gasteiger partial charge in [-0.1, -0.05) is 35.3 Å². The fraction of sp³-hybridized carbons (Fsp3) is 0.188. The summed E-state index contributed by atoms with van der Waals surface area (Å²) in [4.78, 5) is 12.1. The Bertz CT molecular complexity index is 701. The highest BCUT2D eigenvalue weighted by molar-refractivity contribution is 6.34. The molecule has 22 heavy (non-hydrogen) atoms. The van der Waals surface area contributed by atoms with Gasteiger partial charge in [0.05, 0.1) is 17.1 Å². The molecule has 3 rings (SSSR count). The summed E-state index contributed by atoms with van der Waals surface area (Å²) in [5, 5.41) is 3.83. The summed E-state index contributed by atoms with van der Waals surface area (Å²) < 4.78 is 10.9. The van der Waals surface area contributed by atoms with E-state index in [1.165, 1.54) is 0 Å². The second-order valence-corrected chi connectivity index (χ2v) is 5.67. The minimum Gasteiger partial charge on any atom is -0.486 e. The lowest BCUT2D eigenvalue weighted by Gasteiger charge is -2.20. The minimum absolute atomic E-state index is 0.166. The van der Waals surface area contributed by atoms with Crippen molar-refractivity contribution in [2.45, 2.75) is 6.42 Å². The summed E-state index contributed by atoms with van der Waals surface area (Å²) in [6.45, 7) is 0.971. The normalized spacial score (nSPS) is 12.8. The van der Waals surface area contributed by atoms with Crippen LogP contribution in [0.1, 0.15) is 5.56 Å². The number of rotatable bonds is 3. The molecule has 1 amide bonds. The minimum atomic E-state index is -0.166. The van der Waals surface area contributed by atoms with Crippen LogP contribution in [-0.2, 0) is 11.2 Å². The molecule has 1 heterocycles. The van der Waals surface area contributed by atoms with Crippen molar-refractivity contribution in [1.82, 2.24) is 0 Å². The number of amides is 1. The van der Waals surface area contributed by atoms with Crippen LogP contribution < -0.4 is 14.8 Å². The van der Waals surface area contributed by atoms with E-state index in [1.54, 1.807) is 24.3 Å². The Morgan fingerprint density at radius 1 is 1.05 bits per heavy atom. The van der Waals surface area contributed by atoms with Crippen molar-refractivity contribution in [2.24, 2.45) is 0 Å². The lowest BCUT2D eigenvalue weighted by molar-refractivity contribution is -0.115. The van der Waals surface area contributed by atoms with Gasteiger partial charge in [0.1, 0.15) is 13.2 Å². The topological polar surface area (TPSA) is 47.6 Å². The molecule has 6 heteroatoms. The highest BCUT2D eigenvalue weighted by Crippen LogP contribution is 2.37. The van der Waals surface area contributed by atoms with Crippen molar-refractivity contribution in [3.8, 4) is 11.5 Å². The third-order valence-electron chi connectivity index (χ3n) is 3.18. The maximum Gasteiger partial charge on any atom is 0.228 e. The third kappa shape index (κ3) is 3.46. The standard InChI is InChI=1S/C16H13Cl2NO3/c17-11-3-1-10(2-4-11)7-16(20)19-13-9-15-14(8-12(13)18)21-5-6-22-15/h1-4,8-9H,5-7H2,(H,19,20). The quantitative estimate of drug-likeness (QED) is 0.922. The first-order chi connectivity index (χ1) is 10.6. The highest BCUT2D eigenvalue weighted by Gasteiger charge is 2.16. The fourth-order valence-electron chi connectivity index (χ4n) is 2.14. The van der Waals surface area contributed by atoms with Gasteiger partial charge >= 0.3 is 0 Å². The Morgan fingerprint density at radius 2 is 1.68 bits per heavy atom. The molecule has 0 saturated heterocycles. The van der Waals surface area contributed by atoms with E-state index in [0.717, 1.165) is 5.56 Å². The number of anilines is 1. The van der Waals surface area contributed by atoms with E-state index in [0.29, 0.717) is 40.4 Å². The number of carbonyl (C=O) groups excluding carboxylic acids is 1. The molecule has 1 aliphatic heterocycles. The summed E-state index contributed by atoms with van der Waals surface area (Å²) in [5.74, 6) is 1.00. The zero-order valence-electron chi connectivity index (χ0n) is 11.6. The summed E-state index contributed by atoms with van der Waals surface area (Å²) in [6.07, 6.45) is 0.238. The van der Waals surface area contributed by atoms with Gasteiger partial charge in [0, 0.05) is 17.2 Å². The van der Waals surface area contributed by atoms with Crippen molar-refractivity contribution >= 4 is 34.8 Å². The van der Waals surface area contributed by atoms with E-state index in [-0.39, 0.29) is 12.3 Å². The number of fused-ring (bicyclic) bond motifs is 1. The molecule has 1 aliphatic rings. The molecular formula is C16H13Cl2NO3. The molecule has 0 unspecified atom stereocenters. The molecular weight excluding hydrogens is 325 g/mol. The van der Waals surface area contributed by atoms with Crippen molar-refractivity contribution in [2.75, 3.05) is 18.5 Å². The molecule has 2 aromatic rings. The number of nitrogens with one attached hydrogen (secondary N) is 1. The second-order valence-electron chi connectivity index (χ2n) is 4.83. The Hall–Kier alpha value is -1.91. The van der Waals surface area contributed by atoms with E-state index in [1.807, 2.05) is 12.1 Å². The molecule has 2 aromatic carbocycles. The van der Waals surface area contributed by atoms with Crippen LogP contribution in [0.5, 0.6) is 11.5 Å². The number of halogens is 2. The van der Waals surface area contributed by atoms with Crippen molar-refractivity contribution in [3.63, 3.8) is 0 Å². The molecule has 0 aromatic heterocycles. The van der Waals surface area contributed by atoms with Gasteiger partial charge in [0.15, 0.2) is 11.5 Å². The molecule has 4 nitrogen and oxygen atoms in total. The molecule has 0 atom stereocenters. The maximum atomic E-state index is 12.1. The summed E-state index contributed by atoms with van der Waals surface area (Å²) >= 11 is 12.0. The number of ether oxygens (including phenoxy) is 2. The van der Waals surface area contributed by atoms with E-state index in [9.17, 15) is 4.79 Å². The van der Waals surface area contributed by atoms with E-state index >= 15 is 0 Å². The van der Waals surface area contributed by atoms with Crippen LogP contribution in [0, 0.1) is 0 Å². The van der Waals surface area contributed by atoms with Crippen LogP contribution in [0.25, 0.3) is 0 Å². The molecule has 0 aliphatic carbocycles. The van der Waals surface area contributed by atoms with Crippen molar-refractivity contribution < 1.29 is 14.3 Å². The first-order valence-electron chi connectivity index (χ1n) is 6.75. The predicted octanol–water partition coefficient (Wildman–Crippen LogP) is 3.95. The SMILES string of the molecule is O=C(Cc1ccc(Cl)cc1)Nc1cc2c(cc1Cl)OCCO2. The van der Waals surface area contributed by atoms with Gasteiger partial charge in [-0.15, -0.1) is 0 Å². The molecule has 0 fully saturated rings. The van der Waals surface area contributed by atoms with Crippen LogP contribution in [0.2, 0.25) is 10.0 Å². The third-order valence-corrected chi connectivity index (χ3v) is 3.75. The van der Waals surface area contributed by atoms with E-state index in [2.05, 4.69) is 5.32 Å². The molecule has 0 bridgehead atoms. The molecule has 114 valence electrons. The molecule has 1 N–H and O–H groups in total. The maximum absolute atomic E-state index is 12.1. The Kier molecular flexibility index (Phi) is 4.41. The Balaban J connectivity index is 1.72. The van der Waals surface area contributed by atoms with E-state index in [4.69, 9.17) is 32.7 Å². The van der Waals surface area contributed by atoms with Gasteiger partial charge < -0.3 is 14.8 Å². The van der Waals surface area contributed by atoms with Crippen LogP contribution in [0.4, 0.5) is 5.69 Å². The molecule has 0 saturated carbocycles. The van der Waals surface area contributed by atoms with Crippen molar-refractivity contribution in [3.05, 3.63) is 52.0 Å². The van der Waals surface area contributed by atoms with Gasteiger partial charge in [0.2, 0.25) is 5.91 Å². The second kappa shape index (κ2) is 6.46. The number of hydrogen-bond acceptors (Lipinski definition) is 3. The van der Waals surface area contributed by atoms with Gasteiger partial charge in [-0.3, -0.25) is 4.79 Å². The number of hydrogen-bond donors (Lipinski definition) is 1. The van der Waals surface area contributed by atoms with Crippen LogP contribution in [0.3, 0.4) is 0 Å². The zero-order valence-corrected chi connectivity index (χ0v) is 13.1. The average Bonchev–Trinajstić information content (AvgIpc) is 2.50. The summed E-state index contributed by atoms with van der Waals surface area (Å²) in [5.41, 5.74) is 1.38. The van der Waals surface area contributed by atoms with Gasteiger partial charge in [0.25, 0.3) is 0 Å². The zero-order chi connectivity index (χ0) is 15.5. The Labute approximate surface area is 137 Å².